The number of hydroxylamine groups is 3. The minimum absolute atomic E-state index is 0. The summed E-state index contributed by atoms with van der Waals surface area (Å²) in [6.45, 7) is 3.89. The van der Waals surface area contributed by atoms with E-state index in [1.165, 1.54) is 0 Å². The highest BCUT2D eigenvalue weighted by atomic mass is 79.9. The molecule has 0 atom stereocenters. The van der Waals surface area contributed by atoms with E-state index in [1.54, 1.807) is 38.4 Å². The fourth-order valence-corrected chi connectivity index (χ4v) is 2.27. The van der Waals surface area contributed by atoms with Crippen molar-refractivity contribution in [2.24, 2.45) is 0 Å². The largest absolute Gasteiger partial charge is 1.00 e. The zero-order valence-electron chi connectivity index (χ0n) is 13.7. The second-order valence-electron chi connectivity index (χ2n) is 5.74. The molecule has 0 fully saturated rings. The average molecular weight is 390 g/mol. The molecule has 0 N–H and O–H groups in total. The van der Waals surface area contributed by atoms with Gasteiger partial charge in [0.25, 0.3) is 0 Å². The van der Waals surface area contributed by atoms with Crippen LogP contribution < -0.4 is 17.0 Å². The van der Waals surface area contributed by atoms with Gasteiger partial charge in [-0.15, -0.1) is 4.65 Å². The highest BCUT2D eigenvalue weighted by Gasteiger charge is 2.21. The van der Waals surface area contributed by atoms with Gasteiger partial charge in [0, 0.05) is 22.8 Å². The molecule has 0 aromatic heterocycles. The number of rotatable bonds is 6. The fourth-order valence-electron chi connectivity index (χ4n) is 2.27. The molecule has 4 nitrogen and oxygen atoms in total. The van der Waals surface area contributed by atoms with E-state index in [1.807, 2.05) is 30.3 Å². The third kappa shape index (κ3) is 5.44. The minimum atomic E-state index is -0.467. The molecule has 126 valence electrons. The van der Waals surface area contributed by atoms with Crippen molar-refractivity contribution in [2.75, 3.05) is 14.1 Å². The van der Waals surface area contributed by atoms with Gasteiger partial charge in [-0.3, -0.25) is 9.63 Å². The Kier molecular flexibility index (Phi) is 7.07. The minimum Gasteiger partial charge on any atom is -1.00 e. The maximum absolute atomic E-state index is 12.3. The summed E-state index contributed by atoms with van der Waals surface area (Å²) in [7, 11) is 3.56. The first-order chi connectivity index (χ1) is 10.9. The standard InChI is InChI=1S/C19H20NO3.BrH/c1-4-18(21)23-20(2,3)14-15-10-12-17(13-11-15)19(22)16-8-6-5-7-9-16;/h4-13H,1,14H2,2-3H3;1H/q+1;/p-1. The number of hydrogen-bond acceptors (Lipinski definition) is 3. The Bertz CT molecular complexity index is 709. The average Bonchev–Trinajstić information content (AvgIpc) is 2.54. The molecule has 0 unspecified atom stereocenters. The topological polar surface area (TPSA) is 43.4 Å². The second-order valence-corrected chi connectivity index (χ2v) is 5.74. The predicted octanol–water partition coefficient (Wildman–Crippen LogP) is 0.142. The summed E-state index contributed by atoms with van der Waals surface area (Å²) in [6.07, 6.45) is 1.14. The molecular formula is C19H20BrNO3. The van der Waals surface area contributed by atoms with Gasteiger partial charge in [-0.05, 0) is 0 Å². The van der Waals surface area contributed by atoms with E-state index in [0.717, 1.165) is 11.6 Å². The summed E-state index contributed by atoms with van der Waals surface area (Å²) in [4.78, 5) is 28.9. The van der Waals surface area contributed by atoms with Crippen molar-refractivity contribution in [2.45, 2.75) is 6.54 Å². The van der Waals surface area contributed by atoms with Crippen LogP contribution in [0.2, 0.25) is 0 Å². The number of quaternary nitrogens is 1. The SMILES string of the molecule is C=CC(=O)O[N+](C)(C)Cc1ccc(C(=O)c2ccccc2)cc1.[Br-]. The summed E-state index contributed by atoms with van der Waals surface area (Å²) >= 11 is 0. The van der Waals surface area contributed by atoms with Crippen LogP contribution in [0.25, 0.3) is 0 Å². The van der Waals surface area contributed by atoms with E-state index >= 15 is 0 Å². The lowest BCUT2D eigenvalue weighted by molar-refractivity contribution is -1.07. The first kappa shape index (κ1) is 19.8. The summed E-state index contributed by atoms with van der Waals surface area (Å²) in [5, 5.41) is 0. The van der Waals surface area contributed by atoms with Gasteiger partial charge in [0.2, 0.25) is 0 Å². The first-order valence-corrected chi connectivity index (χ1v) is 7.29. The van der Waals surface area contributed by atoms with Gasteiger partial charge in [0.1, 0.15) is 20.6 Å². The van der Waals surface area contributed by atoms with Crippen LogP contribution in [0.15, 0.2) is 67.3 Å². The molecule has 0 aliphatic rings. The number of ketones is 1. The summed E-state index contributed by atoms with van der Waals surface area (Å²) in [5.41, 5.74) is 2.26. The maximum atomic E-state index is 12.3. The van der Waals surface area contributed by atoms with E-state index in [9.17, 15) is 9.59 Å². The van der Waals surface area contributed by atoms with Crippen molar-refractivity contribution in [3.05, 3.63) is 83.9 Å². The molecule has 2 rings (SSSR count). The van der Waals surface area contributed by atoms with Crippen LogP contribution in [0, 0.1) is 0 Å². The van der Waals surface area contributed by atoms with Crippen molar-refractivity contribution in [3.8, 4) is 0 Å². The predicted molar refractivity (Wildman–Crippen MR) is 88.4 cm³/mol. The molecule has 0 radical (unpaired) electrons. The van der Waals surface area contributed by atoms with Crippen LogP contribution >= 0.6 is 0 Å². The Hall–Kier alpha value is -2.24. The summed E-state index contributed by atoms with van der Waals surface area (Å²) < 4.78 is 0.0524. The number of nitrogens with zero attached hydrogens (tertiary/aromatic N) is 1. The Labute approximate surface area is 152 Å². The Morgan fingerprint density at radius 1 is 1.00 bits per heavy atom. The van der Waals surface area contributed by atoms with Gasteiger partial charge < -0.3 is 17.0 Å². The lowest BCUT2D eigenvalue weighted by Gasteiger charge is -2.25. The van der Waals surface area contributed by atoms with E-state index in [0.29, 0.717) is 17.7 Å². The van der Waals surface area contributed by atoms with Crippen LogP contribution in [0.1, 0.15) is 21.5 Å². The van der Waals surface area contributed by atoms with Crippen LogP contribution in [0.5, 0.6) is 0 Å². The zero-order valence-corrected chi connectivity index (χ0v) is 15.3. The summed E-state index contributed by atoms with van der Waals surface area (Å²) in [5.74, 6) is -0.477. The highest BCUT2D eigenvalue weighted by molar-refractivity contribution is 6.08. The number of halogens is 1. The molecule has 0 amide bonds. The molecule has 0 bridgehead atoms. The van der Waals surface area contributed by atoms with Crippen molar-refractivity contribution in [3.63, 3.8) is 0 Å². The third-order valence-electron chi connectivity index (χ3n) is 3.32. The number of benzene rings is 2. The Balaban J connectivity index is 0.00000288. The van der Waals surface area contributed by atoms with Crippen LogP contribution in [-0.2, 0) is 16.2 Å². The normalized spacial score (nSPS) is 10.4. The molecule has 0 aliphatic carbocycles. The molecule has 2 aromatic carbocycles. The van der Waals surface area contributed by atoms with Gasteiger partial charge in [-0.2, -0.15) is 0 Å². The number of hydrogen-bond donors (Lipinski definition) is 0. The molecule has 5 heteroatoms. The lowest BCUT2D eigenvalue weighted by Crippen LogP contribution is -3.00. The second kappa shape index (κ2) is 8.57. The lowest BCUT2D eigenvalue weighted by atomic mass is 10.0. The van der Waals surface area contributed by atoms with Crippen molar-refractivity contribution >= 4 is 11.8 Å². The van der Waals surface area contributed by atoms with Gasteiger partial charge >= 0.3 is 5.97 Å². The maximum Gasteiger partial charge on any atom is 0.389 e. The van der Waals surface area contributed by atoms with E-state index < -0.39 is 5.97 Å². The highest BCUT2D eigenvalue weighted by Crippen LogP contribution is 2.14. The number of carbonyl (C=O) groups is 2. The van der Waals surface area contributed by atoms with Gasteiger partial charge in [0.15, 0.2) is 5.78 Å². The van der Waals surface area contributed by atoms with Crippen LogP contribution in [0.4, 0.5) is 0 Å². The number of carbonyl (C=O) groups excluding carboxylic acids is 2. The smallest absolute Gasteiger partial charge is 0.389 e. The fraction of sp³-hybridized carbons (Fsp3) is 0.158. The third-order valence-corrected chi connectivity index (χ3v) is 3.32. The van der Waals surface area contributed by atoms with Crippen molar-refractivity contribution in [1.82, 2.24) is 0 Å². The van der Waals surface area contributed by atoms with Crippen molar-refractivity contribution < 1.29 is 36.1 Å². The monoisotopic (exact) mass is 389 g/mol. The Morgan fingerprint density at radius 3 is 2.08 bits per heavy atom. The first-order valence-electron chi connectivity index (χ1n) is 7.29. The summed E-state index contributed by atoms with van der Waals surface area (Å²) in [6, 6.07) is 16.5. The molecule has 0 spiro atoms. The molecule has 2 aromatic rings. The molecule has 0 heterocycles. The molecular weight excluding hydrogens is 370 g/mol. The zero-order chi connectivity index (χ0) is 16.9. The van der Waals surface area contributed by atoms with E-state index in [2.05, 4.69) is 6.58 Å². The molecule has 0 saturated heterocycles. The van der Waals surface area contributed by atoms with Gasteiger partial charge in [-0.1, -0.05) is 61.2 Å². The van der Waals surface area contributed by atoms with Crippen LogP contribution in [0.3, 0.4) is 0 Å². The van der Waals surface area contributed by atoms with Crippen molar-refractivity contribution in [1.29, 1.82) is 0 Å². The van der Waals surface area contributed by atoms with Gasteiger partial charge in [-0.25, -0.2) is 4.79 Å². The van der Waals surface area contributed by atoms with E-state index in [-0.39, 0.29) is 27.4 Å². The molecule has 24 heavy (non-hydrogen) atoms. The molecule has 0 saturated carbocycles. The Morgan fingerprint density at radius 2 is 1.54 bits per heavy atom. The van der Waals surface area contributed by atoms with Gasteiger partial charge in [0.05, 0.1) is 0 Å². The quantitative estimate of drug-likeness (QED) is 0.305. The van der Waals surface area contributed by atoms with E-state index in [4.69, 9.17) is 4.84 Å². The molecule has 0 aliphatic heterocycles. The van der Waals surface area contributed by atoms with Crippen LogP contribution in [-0.4, -0.2) is 30.5 Å².